The lowest BCUT2D eigenvalue weighted by molar-refractivity contribution is 0.411. The molecule has 0 aromatic heterocycles. The van der Waals surface area contributed by atoms with E-state index in [2.05, 4.69) is 20.8 Å². The Hall–Kier alpha value is 0.770. The number of hydrogen-bond acceptors (Lipinski definition) is 1. The lowest BCUT2D eigenvalue weighted by Gasteiger charge is -2.32. The van der Waals surface area contributed by atoms with Crippen molar-refractivity contribution in [1.82, 2.24) is 4.67 Å². The molecular formula is C10H22Cl2NOP. The minimum absolute atomic E-state index is 0.0706. The molecule has 0 saturated carbocycles. The molecule has 2 nitrogen and oxygen atoms in total. The molecule has 0 amide bonds. The highest BCUT2D eigenvalue weighted by molar-refractivity contribution is 7.60. The van der Waals surface area contributed by atoms with Crippen molar-refractivity contribution < 1.29 is 4.57 Å². The van der Waals surface area contributed by atoms with E-state index in [4.69, 9.17) is 23.2 Å². The molecule has 0 aliphatic carbocycles. The summed E-state index contributed by atoms with van der Waals surface area (Å²) >= 11 is 11.4. The van der Waals surface area contributed by atoms with Gasteiger partial charge in [0.2, 0.25) is 0 Å². The third-order valence-electron chi connectivity index (χ3n) is 2.05. The second-order valence-corrected chi connectivity index (χ2v) is 8.84. The highest BCUT2D eigenvalue weighted by Gasteiger charge is 2.29. The van der Waals surface area contributed by atoms with Gasteiger partial charge >= 0.3 is 0 Å². The summed E-state index contributed by atoms with van der Waals surface area (Å²) in [5.74, 6) is 0.998. The summed E-state index contributed by atoms with van der Waals surface area (Å²) in [6.07, 6.45) is 0.702. The molecule has 0 radical (unpaired) electrons. The molecule has 0 aromatic carbocycles. The van der Waals surface area contributed by atoms with Crippen molar-refractivity contribution in [2.24, 2.45) is 5.41 Å². The largest absolute Gasteiger partial charge is 0.307 e. The molecule has 5 heteroatoms. The Morgan fingerprint density at radius 1 is 1.13 bits per heavy atom. The third-order valence-corrected chi connectivity index (χ3v) is 5.52. The molecular weight excluding hydrogens is 252 g/mol. The maximum atomic E-state index is 12.5. The van der Waals surface area contributed by atoms with E-state index in [1.165, 1.54) is 0 Å². The van der Waals surface area contributed by atoms with Crippen molar-refractivity contribution in [3.05, 3.63) is 0 Å². The van der Waals surface area contributed by atoms with Crippen molar-refractivity contribution in [1.29, 1.82) is 0 Å². The molecule has 92 valence electrons. The van der Waals surface area contributed by atoms with Gasteiger partial charge in [-0.2, -0.15) is 0 Å². The summed E-state index contributed by atoms with van der Waals surface area (Å²) in [5.41, 5.74) is 0.0706. The molecule has 0 spiro atoms. The van der Waals surface area contributed by atoms with E-state index in [9.17, 15) is 4.57 Å². The van der Waals surface area contributed by atoms with Crippen LogP contribution in [0.15, 0.2) is 0 Å². The Morgan fingerprint density at radius 2 is 1.53 bits per heavy atom. The Bertz CT molecular complexity index is 222. The monoisotopic (exact) mass is 273 g/mol. The van der Waals surface area contributed by atoms with Gasteiger partial charge in [0.25, 0.3) is 0 Å². The first-order valence-electron chi connectivity index (χ1n) is 5.17. The van der Waals surface area contributed by atoms with Gasteiger partial charge in [-0.3, -0.25) is 4.67 Å². The van der Waals surface area contributed by atoms with Crippen LogP contribution >= 0.6 is 30.5 Å². The number of nitrogens with zero attached hydrogens (tertiary/aromatic N) is 1. The zero-order chi connectivity index (χ0) is 12.1. The zero-order valence-electron chi connectivity index (χ0n) is 10.1. The zero-order valence-corrected chi connectivity index (χ0v) is 12.5. The summed E-state index contributed by atoms with van der Waals surface area (Å²) in [5, 5.41) is 0. The summed E-state index contributed by atoms with van der Waals surface area (Å²) in [7, 11) is -2.29. The van der Waals surface area contributed by atoms with Gasteiger partial charge in [0.1, 0.15) is 7.29 Å². The quantitative estimate of drug-likeness (QED) is 0.543. The smallest absolute Gasteiger partial charge is 0.148 e. The molecule has 0 heterocycles. The van der Waals surface area contributed by atoms with Gasteiger partial charge in [0.15, 0.2) is 0 Å². The molecule has 0 fully saturated rings. The van der Waals surface area contributed by atoms with Crippen LogP contribution in [0, 0.1) is 5.41 Å². The molecule has 0 aliphatic rings. The number of hydrogen-bond donors (Lipinski definition) is 0. The van der Waals surface area contributed by atoms with E-state index >= 15 is 0 Å². The molecule has 0 N–H and O–H groups in total. The molecule has 0 saturated heterocycles. The number of halogens is 2. The van der Waals surface area contributed by atoms with E-state index in [-0.39, 0.29) is 5.41 Å². The predicted octanol–water partition coefficient (Wildman–Crippen LogP) is 3.72. The first-order valence-corrected chi connectivity index (χ1v) is 8.53. The van der Waals surface area contributed by atoms with Gasteiger partial charge in [0, 0.05) is 37.7 Å². The van der Waals surface area contributed by atoms with E-state index in [0.717, 1.165) is 0 Å². The first kappa shape index (κ1) is 15.8. The second-order valence-electron chi connectivity index (χ2n) is 5.10. The van der Waals surface area contributed by atoms with Crippen molar-refractivity contribution >= 4 is 30.5 Å². The normalized spacial score (nSPS) is 16.7. The van der Waals surface area contributed by atoms with E-state index in [0.29, 0.717) is 31.0 Å². The van der Waals surface area contributed by atoms with Crippen LogP contribution in [0.1, 0.15) is 20.8 Å². The fourth-order valence-corrected chi connectivity index (χ4v) is 5.36. The Balaban J connectivity index is 4.55. The maximum absolute atomic E-state index is 12.5. The van der Waals surface area contributed by atoms with Crippen LogP contribution < -0.4 is 0 Å². The fraction of sp³-hybridized carbons (Fsp3) is 1.00. The SMILES string of the molecule is CC(C)(C)CP(C)(=O)N(CCCl)CCCl. The van der Waals surface area contributed by atoms with Crippen molar-refractivity contribution in [3.8, 4) is 0 Å². The maximum Gasteiger partial charge on any atom is 0.148 e. The van der Waals surface area contributed by atoms with Crippen LogP contribution in [0.4, 0.5) is 0 Å². The Kier molecular flexibility index (Phi) is 6.83. The van der Waals surface area contributed by atoms with Crippen molar-refractivity contribution in [2.45, 2.75) is 20.8 Å². The Labute approximate surface area is 104 Å². The van der Waals surface area contributed by atoms with Gasteiger partial charge < -0.3 is 4.57 Å². The molecule has 0 aliphatic heterocycles. The lowest BCUT2D eigenvalue weighted by atomic mass is 10.0. The molecule has 1 atom stereocenters. The molecule has 0 rings (SSSR count). The standard InChI is InChI=1S/C10H22Cl2NOP/c1-10(2,3)9-15(4,14)13(7-5-11)8-6-12/h5-9H2,1-4H3. The van der Waals surface area contributed by atoms with E-state index < -0.39 is 7.29 Å². The highest BCUT2D eigenvalue weighted by atomic mass is 35.5. The third kappa shape index (κ3) is 6.84. The van der Waals surface area contributed by atoms with Crippen LogP contribution in [0.2, 0.25) is 0 Å². The highest BCUT2D eigenvalue weighted by Crippen LogP contribution is 2.49. The molecule has 15 heavy (non-hydrogen) atoms. The van der Waals surface area contributed by atoms with E-state index in [1.807, 2.05) is 11.3 Å². The van der Waals surface area contributed by atoms with Crippen LogP contribution in [-0.4, -0.2) is 42.3 Å². The van der Waals surface area contributed by atoms with Crippen molar-refractivity contribution in [2.75, 3.05) is 37.7 Å². The Morgan fingerprint density at radius 3 is 1.80 bits per heavy atom. The van der Waals surface area contributed by atoms with Gasteiger partial charge in [-0.15, -0.1) is 23.2 Å². The summed E-state index contributed by atoms with van der Waals surface area (Å²) in [6, 6.07) is 0. The van der Waals surface area contributed by atoms with Gasteiger partial charge in [0.05, 0.1) is 0 Å². The van der Waals surface area contributed by atoms with Gasteiger partial charge in [-0.05, 0) is 5.41 Å². The van der Waals surface area contributed by atoms with Gasteiger partial charge in [-0.1, -0.05) is 20.8 Å². The number of alkyl halides is 2. The first-order chi connectivity index (χ1) is 6.73. The molecule has 1 unspecified atom stereocenters. The van der Waals surface area contributed by atoms with Crippen molar-refractivity contribution in [3.63, 3.8) is 0 Å². The average Bonchev–Trinajstić information content (AvgIpc) is 1.99. The summed E-state index contributed by atoms with van der Waals surface area (Å²) in [6.45, 7) is 9.43. The van der Waals surface area contributed by atoms with Gasteiger partial charge in [-0.25, -0.2) is 0 Å². The minimum Gasteiger partial charge on any atom is -0.307 e. The van der Waals surface area contributed by atoms with Crippen LogP contribution in [0.3, 0.4) is 0 Å². The minimum atomic E-state index is -2.29. The van der Waals surface area contributed by atoms with Crippen LogP contribution in [0.25, 0.3) is 0 Å². The predicted molar refractivity (Wildman–Crippen MR) is 70.9 cm³/mol. The summed E-state index contributed by atoms with van der Waals surface area (Å²) in [4.78, 5) is 0. The lowest BCUT2D eigenvalue weighted by Crippen LogP contribution is -2.29. The fourth-order valence-electron chi connectivity index (χ4n) is 1.71. The average molecular weight is 274 g/mol. The molecule has 0 bridgehead atoms. The second kappa shape index (κ2) is 6.49. The summed E-state index contributed by atoms with van der Waals surface area (Å²) < 4.78 is 14.5. The van der Waals surface area contributed by atoms with E-state index in [1.54, 1.807) is 0 Å². The van der Waals surface area contributed by atoms with Crippen LogP contribution in [0.5, 0.6) is 0 Å². The topological polar surface area (TPSA) is 20.3 Å². The van der Waals surface area contributed by atoms with Crippen LogP contribution in [-0.2, 0) is 4.57 Å². The molecule has 0 aromatic rings. The number of rotatable bonds is 6.